The Morgan fingerprint density at radius 2 is 2.25 bits per heavy atom. The minimum absolute atomic E-state index is 0.00523. The number of ketones is 1. The molecule has 1 unspecified atom stereocenters. The fourth-order valence-electron chi connectivity index (χ4n) is 1.71. The van der Waals surface area contributed by atoms with Crippen LogP contribution in [-0.4, -0.2) is 29.2 Å². The van der Waals surface area contributed by atoms with Gasteiger partial charge < -0.3 is 10.5 Å². The minimum atomic E-state index is -0.190. The topological polar surface area (TPSA) is 70.1 Å². The van der Waals surface area contributed by atoms with Crippen LogP contribution in [0.4, 0.5) is 0 Å². The van der Waals surface area contributed by atoms with E-state index in [-0.39, 0.29) is 17.6 Å². The molecule has 5 heteroatoms. The number of nitrogens with two attached hydrogens (primary N) is 1. The predicted molar refractivity (Wildman–Crippen MR) is 61.5 cm³/mol. The number of ether oxygens (including phenoxy) is 1. The van der Waals surface area contributed by atoms with Crippen LogP contribution in [0.2, 0.25) is 0 Å². The molecule has 16 heavy (non-hydrogen) atoms. The van der Waals surface area contributed by atoms with Crippen molar-refractivity contribution < 1.29 is 9.53 Å². The number of hydrogen-bond acceptors (Lipinski definition) is 4. The van der Waals surface area contributed by atoms with Crippen LogP contribution < -0.4 is 10.5 Å². The Morgan fingerprint density at radius 3 is 2.69 bits per heavy atom. The maximum Gasteiger partial charge on any atom is 0.189 e. The van der Waals surface area contributed by atoms with Crippen LogP contribution in [-0.2, 0) is 7.05 Å². The lowest BCUT2D eigenvalue weighted by Crippen LogP contribution is -2.30. The smallest absolute Gasteiger partial charge is 0.189 e. The molecule has 1 aromatic heterocycles. The highest BCUT2D eigenvalue weighted by molar-refractivity contribution is 5.99. The molecule has 0 saturated heterocycles. The van der Waals surface area contributed by atoms with Crippen LogP contribution >= 0.6 is 0 Å². The van der Waals surface area contributed by atoms with Crippen LogP contribution in [0.1, 0.15) is 24.3 Å². The van der Waals surface area contributed by atoms with Gasteiger partial charge in [0.2, 0.25) is 0 Å². The molecule has 2 N–H and O–H groups in total. The predicted octanol–water partition coefficient (Wildman–Crippen LogP) is 0.842. The van der Waals surface area contributed by atoms with Crippen molar-refractivity contribution in [2.75, 3.05) is 13.7 Å². The first-order valence-corrected chi connectivity index (χ1v) is 5.33. The number of carbonyl (C=O) groups excluding carboxylic acids is 1. The molecule has 1 heterocycles. The van der Waals surface area contributed by atoms with Crippen molar-refractivity contribution >= 4 is 5.78 Å². The van der Waals surface area contributed by atoms with Crippen molar-refractivity contribution in [2.24, 2.45) is 24.6 Å². The van der Waals surface area contributed by atoms with Crippen molar-refractivity contribution in [2.45, 2.75) is 13.8 Å². The van der Waals surface area contributed by atoms with E-state index < -0.39 is 0 Å². The first-order valence-electron chi connectivity index (χ1n) is 5.33. The molecule has 90 valence electrons. The third kappa shape index (κ3) is 2.24. The summed E-state index contributed by atoms with van der Waals surface area (Å²) in [5.41, 5.74) is 6.12. The van der Waals surface area contributed by atoms with Crippen LogP contribution in [0.3, 0.4) is 0 Å². The lowest BCUT2D eigenvalue weighted by molar-refractivity contribution is 0.0879. The molecule has 0 bridgehead atoms. The largest absolute Gasteiger partial charge is 0.493 e. The Kier molecular flexibility index (Phi) is 4.06. The Hall–Kier alpha value is -1.36. The van der Waals surface area contributed by atoms with Crippen LogP contribution in [0.5, 0.6) is 5.75 Å². The second-order valence-electron chi connectivity index (χ2n) is 4.14. The first-order chi connectivity index (χ1) is 7.52. The molecule has 1 rings (SSSR count). The fourth-order valence-corrected chi connectivity index (χ4v) is 1.71. The van der Waals surface area contributed by atoms with E-state index in [1.54, 1.807) is 13.2 Å². The molecular formula is C11H19N3O2. The molecule has 0 radical (unpaired) electrons. The van der Waals surface area contributed by atoms with Crippen molar-refractivity contribution in [3.05, 3.63) is 11.9 Å². The Bertz CT molecular complexity index is 371. The van der Waals surface area contributed by atoms with Gasteiger partial charge in [-0.15, -0.1) is 0 Å². The van der Waals surface area contributed by atoms with Crippen molar-refractivity contribution in [3.63, 3.8) is 0 Å². The average molecular weight is 225 g/mol. The zero-order valence-electron chi connectivity index (χ0n) is 10.2. The summed E-state index contributed by atoms with van der Waals surface area (Å²) in [6, 6.07) is 0. The van der Waals surface area contributed by atoms with E-state index in [2.05, 4.69) is 5.10 Å². The van der Waals surface area contributed by atoms with E-state index in [1.807, 2.05) is 13.8 Å². The van der Waals surface area contributed by atoms with Gasteiger partial charge in [-0.2, -0.15) is 5.10 Å². The highest BCUT2D eigenvalue weighted by Crippen LogP contribution is 2.23. The highest BCUT2D eigenvalue weighted by atomic mass is 16.5. The van der Waals surface area contributed by atoms with Gasteiger partial charge in [-0.1, -0.05) is 13.8 Å². The second-order valence-corrected chi connectivity index (χ2v) is 4.14. The zero-order valence-corrected chi connectivity index (χ0v) is 10.2. The standard InChI is InChI=1S/C11H19N3O2/c1-7(2)8(5-12)11(15)10-9(16-4)6-13-14(10)3/h6-8H,5,12H2,1-4H3. The van der Waals surface area contributed by atoms with Gasteiger partial charge in [-0.25, -0.2) is 0 Å². The lowest BCUT2D eigenvalue weighted by Gasteiger charge is -2.17. The van der Waals surface area contributed by atoms with Gasteiger partial charge >= 0.3 is 0 Å². The van der Waals surface area contributed by atoms with Crippen LogP contribution in [0.15, 0.2) is 6.20 Å². The quantitative estimate of drug-likeness (QED) is 0.754. The molecular weight excluding hydrogens is 206 g/mol. The third-order valence-electron chi connectivity index (χ3n) is 2.75. The summed E-state index contributed by atoms with van der Waals surface area (Å²) < 4.78 is 6.65. The molecule has 0 aliphatic carbocycles. The molecule has 0 aromatic carbocycles. The van der Waals surface area contributed by atoms with Crippen molar-refractivity contribution in [3.8, 4) is 5.75 Å². The molecule has 0 fully saturated rings. The average Bonchev–Trinajstić information content (AvgIpc) is 2.59. The van der Waals surface area contributed by atoms with Gasteiger partial charge in [0, 0.05) is 19.5 Å². The number of rotatable bonds is 5. The summed E-state index contributed by atoms with van der Waals surface area (Å²) in [6.45, 7) is 4.31. The molecule has 0 amide bonds. The summed E-state index contributed by atoms with van der Waals surface area (Å²) in [5.74, 6) is 0.516. The first kappa shape index (κ1) is 12.7. The molecule has 0 saturated carbocycles. The van der Waals surface area contributed by atoms with Gasteiger partial charge in [0.25, 0.3) is 0 Å². The van der Waals surface area contributed by atoms with Crippen molar-refractivity contribution in [1.29, 1.82) is 0 Å². The number of methoxy groups -OCH3 is 1. The van der Waals surface area contributed by atoms with E-state index >= 15 is 0 Å². The summed E-state index contributed by atoms with van der Waals surface area (Å²) in [5, 5.41) is 4.01. The van der Waals surface area contributed by atoms with Gasteiger partial charge in [0.1, 0.15) is 5.69 Å². The normalized spacial score (nSPS) is 12.9. The number of carbonyl (C=O) groups is 1. The number of nitrogens with zero attached hydrogens (tertiary/aromatic N) is 2. The molecule has 0 aliphatic rings. The maximum atomic E-state index is 12.3. The van der Waals surface area contributed by atoms with Gasteiger partial charge in [0.15, 0.2) is 11.5 Å². The second kappa shape index (κ2) is 5.12. The molecule has 1 atom stereocenters. The minimum Gasteiger partial charge on any atom is -0.493 e. The Balaban J connectivity index is 3.07. The lowest BCUT2D eigenvalue weighted by atomic mass is 9.90. The van der Waals surface area contributed by atoms with E-state index in [1.165, 1.54) is 11.8 Å². The summed E-state index contributed by atoms with van der Waals surface area (Å²) in [6.07, 6.45) is 1.54. The summed E-state index contributed by atoms with van der Waals surface area (Å²) in [4.78, 5) is 12.3. The number of Topliss-reactive ketones (excluding diaryl/α,β-unsaturated/α-hetero) is 1. The molecule has 1 aromatic rings. The summed E-state index contributed by atoms with van der Waals surface area (Å²) in [7, 11) is 3.25. The van der Waals surface area contributed by atoms with E-state index in [9.17, 15) is 4.79 Å². The van der Waals surface area contributed by atoms with Gasteiger partial charge in [0.05, 0.1) is 13.3 Å². The van der Waals surface area contributed by atoms with E-state index in [0.717, 1.165) is 0 Å². The molecule has 0 spiro atoms. The van der Waals surface area contributed by atoms with Crippen LogP contribution in [0, 0.1) is 11.8 Å². The van der Waals surface area contributed by atoms with E-state index in [4.69, 9.17) is 10.5 Å². The summed E-state index contributed by atoms with van der Waals surface area (Å²) >= 11 is 0. The Labute approximate surface area is 95.6 Å². The molecule has 5 nitrogen and oxygen atoms in total. The molecule has 0 aliphatic heterocycles. The Morgan fingerprint density at radius 1 is 1.62 bits per heavy atom. The zero-order chi connectivity index (χ0) is 12.3. The fraction of sp³-hybridized carbons (Fsp3) is 0.636. The van der Waals surface area contributed by atoms with Gasteiger partial charge in [-0.05, 0) is 5.92 Å². The monoisotopic (exact) mass is 225 g/mol. The number of aromatic nitrogens is 2. The number of aryl methyl sites for hydroxylation is 1. The highest BCUT2D eigenvalue weighted by Gasteiger charge is 2.27. The van der Waals surface area contributed by atoms with Gasteiger partial charge in [-0.3, -0.25) is 9.48 Å². The maximum absolute atomic E-state index is 12.3. The van der Waals surface area contributed by atoms with E-state index in [0.29, 0.717) is 18.0 Å². The van der Waals surface area contributed by atoms with Crippen LogP contribution in [0.25, 0.3) is 0 Å². The third-order valence-corrected chi connectivity index (χ3v) is 2.75. The number of hydrogen-bond donors (Lipinski definition) is 1. The van der Waals surface area contributed by atoms with Crippen molar-refractivity contribution in [1.82, 2.24) is 9.78 Å². The SMILES string of the molecule is COc1cnn(C)c1C(=O)C(CN)C(C)C.